The van der Waals surface area contributed by atoms with E-state index < -0.39 is 0 Å². The number of hydrogen-bond donors (Lipinski definition) is 1. The van der Waals surface area contributed by atoms with Crippen LogP contribution in [0.4, 0.5) is 0 Å². The van der Waals surface area contributed by atoms with E-state index in [1.165, 1.54) is 28.7 Å². The van der Waals surface area contributed by atoms with E-state index in [4.69, 9.17) is 0 Å². The van der Waals surface area contributed by atoms with Gasteiger partial charge in [-0.25, -0.2) is 0 Å². The van der Waals surface area contributed by atoms with Gasteiger partial charge in [0.05, 0.1) is 0 Å². The van der Waals surface area contributed by atoms with Crippen LogP contribution in [0.1, 0.15) is 35.6 Å². The largest absolute Gasteiger partial charge is 0.310 e. The fourth-order valence-electron chi connectivity index (χ4n) is 2.45. The van der Waals surface area contributed by atoms with Gasteiger partial charge in [0.1, 0.15) is 0 Å². The second kappa shape index (κ2) is 7.25. The first-order chi connectivity index (χ1) is 9.65. The summed E-state index contributed by atoms with van der Waals surface area (Å²) < 4.78 is 0. The number of hydrogen-bond acceptors (Lipinski definition) is 1. The standard InChI is InChI=1S/C19H25N/c1-15-7-6-9-18(13-15)12-11-17(3)20-14-19-10-5-4-8-16(19)2/h4-10,13,17,20H,11-12,14H2,1-3H3. The number of nitrogens with one attached hydrogen (secondary N) is 1. The van der Waals surface area contributed by atoms with E-state index in [0.717, 1.165) is 13.0 Å². The highest BCUT2D eigenvalue weighted by atomic mass is 14.9. The minimum atomic E-state index is 0.537. The lowest BCUT2D eigenvalue weighted by atomic mass is 10.0. The van der Waals surface area contributed by atoms with Crippen LogP contribution in [0.5, 0.6) is 0 Å². The van der Waals surface area contributed by atoms with Crippen molar-refractivity contribution in [1.29, 1.82) is 0 Å². The Morgan fingerprint density at radius 3 is 2.55 bits per heavy atom. The number of benzene rings is 2. The fraction of sp³-hybridized carbons (Fsp3) is 0.368. The summed E-state index contributed by atoms with van der Waals surface area (Å²) in [5, 5.41) is 3.62. The van der Waals surface area contributed by atoms with Gasteiger partial charge < -0.3 is 5.32 Å². The molecule has 1 atom stereocenters. The molecule has 2 rings (SSSR count). The minimum Gasteiger partial charge on any atom is -0.310 e. The molecule has 1 heteroatoms. The first-order valence-corrected chi connectivity index (χ1v) is 7.48. The van der Waals surface area contributed by atoms with Crippen molar-refractivity contribution in [1.82, 2.24) is 5.32 Å². The van der Waals surface area contributed by atoms with Crippen molar-refractivity contribution in [3.8, 4) is 0 Å². The van der Waals surface area contributed by atoms with Gasteiger partial charge in [0.25, 0.3) is 0 Å². The van der Waals surface area contributed by atoms with Crippen molar-refractivity contribution in [3.05, 3.63) is 70.8 Å². The summed E-state index contributed by atoms with van der Waals surface area (Å²) in [6, 6.07) is 17.9. The summed E-state index contributed by atoms with van der Waals surface area (Å²) in [4.78, 5) is 0. The molecule has 0 radical (unpaired) electrons. The van der Waals surface area contributed by atoms with Gasteiger partial charge in [0.2, 0.25) is 0 Å². The predicted molar refractivity (Wildman–Crippen MR) is 87.0 cm³/mol. The highest BCUT2D eigenvalue weighted by molar-refractivity contribution is 5.25. The van der Waals surface area contributed by atoms with E-state index in [-0.39, 0.29) is 0 Å². The SMILES string of the molecule is Cc1cccc(CCC(C)NCc2ccccc2C)c1. The van der Waals surface area contributed by atoms with Gasteiger partial charge in [-0.15, -0.1) is 0 Å². The number of aryl methyl sites for hydroxylation is 3. The van der Waals surface area contributed by atoms with Crippen LogP contribution >= 0.6 is 0 Å². The van der Waals surface area contributed by atoms with Crippen LogP contribution in [0.25, 0.3) is 0 Å². The molecule has 0 amide bonds. The molecule has 0 bridgehead atoms. The van der Waals surface area contributed by atoms with Gasteiger partial charge >= 0.3 is 0 Å². The second-order valence-corrected chi connectivity index (χ2v) is 5.74. The molecule has 0 saturated carbocycles. The maximum absolute atomic E-state index is 3.62. The average molecular weight is 267 g/mol. The summed E-state index contributed by atoms with van der Waals surface area (Å²) in [7, 11) is 0. The lowest BCUT2D eigenvalue weighted by Crippen LogP contribution is -2.26. The third kappa shape index (κ3) is 4.50. The van der Waals surface area contributed by atoms with Gasteiger partial charge in [-0.05, 0) is 50.3 Å². The zero-order valence-corrected chi connectivity index (χ0v) is 12.8. The molecule has 0 fully saturated rings. The lowest BCUT2D eigenvalue weighted by molar-refractivity contribution is 0.513. The Hall–Kier alpha value is -1.60. The van der Waals surface area contributed by atoms with Crippen LogP contribution in [0.15, 0.2) is 48.5 Å². The van der Waals surface area contributed by atoms with E-state index in [1.807, 2.05) is 0 Å². The molecule has 0 heterocycles. The van der Waals surface area contributed by atoms with E-state index >= 15 is 0 Å². The molecule has 1 unspecified atom stereocenters. The van der Waals surface area contributed by atoms with Crippen LogP contribution in [0.3, 0.4) is 0 Å². The Balaban J connectivity index is 1.78. The van der Waals surface area contributed by atoms with Crippen molar-refractivity contribution in [3.63, 3.8) is 0 Å². The average Bonchev–Trinajstić information content (AvgIpc) is 2.44. The van der Waals surface area contributed by atoms with Gasteiger partial charge in [0.15, 0.2) is 0 Å². The molecular weight excluding hydrogens is 242 g/mol. The molecule has 0 aliphatic carbocycles. The Kier molecular flexibility index (Phi) is 5.37. The molecule has 2 aromatic rings. The summed E-state index contributed by atoms with van der Waals surface area (Å²) in [5.74, 6) is 0. The van der Waals surface area contributed by atoms with Crippen LogP contribution in [0, 0.1) is 13.8 Å². The topological polar surface area (TPSA) is 12.0 Å². The third-order valence-electron chi connectivity index (χ3n) is 3.85. The van der Waals surface area contributed by atoms with Crippen molar-refractivity contribution < 1.29 is 0 Å². The summed E-state index contributed by atoms with van der Waals surface area (Å²) >= 11 is 0. The molecule has 0 aliphatic heterocycles. The first kappa shape index (κ1) is 14.8. The van der Waals surface area contributed by atoms with E-state index in [0.29, 0.717) is 6.04 Å². The summed E-state index contributed by atoms with van der Waals surface area (Å²) in [6.07, 6.45) is 2.32. The quantitative estimate of drug-likeness (QED) is 0.817. The molecule has 106 valence electrons. The van der Waals surface area contributed by atoms with Gasteiger partial charge in [0, 0.05) is 12.6 Å². The molecule has 20 heavy (non-hydrogen) atoms. The van der Waals surface area contributed by atoms with E-state index in [1.54, 1.807) is 0 Å². The van der Waals surface area contributed by atoms with E-state index in [2.05, 4.69) is 74.6 Å². The summed E-state index contributed by atoms with van der Waals surface area (Å²) in [6.45, 7) is 7.56. The van der Waals surface area contributed by atoms with Gasteiger partial charge in [-0.1, -0.05) is 54.1 Å². The molecule has 0 saturated heterocycles. The zero-order valence-electron chi connectivity index (χ0n) is 12.8. The molecular formula is C19H25N. The highest BCUT2D eigenvalue weighted by Crippen LogP contribution is 2.10. The molecule has 1 N–H and O–H groups in total. The Bertz CT molecular complexity index is 545. The van der Waals surface area contributed by atoms with Crippen LogP contribution in [-0.4, -0.2) is 6.04 Å². The van der Waals surface area contributed by atoms with Crippen molar-refractivity contribution in [2.45, 2.75) is 46.2 Å². The van der Waals surface area contributed by atoms with Gasteiger partial charge in [-0.3, -0.25) is 0 Å². The lowest BCUT2D eigenvalue weighted by Gasteiger charge is -2.15. The number of rotatable bonds is 6. The Labute approximate surface area is 123 Å². The zero-order chi connectivity index (χ0) is 14.4. The van der Waals surface area contributed by atoms with Crippen molar-refractivity contribution in [2.24, 2.45) is 0 Å². The van der Waals surface area contributed by atoms with Crippen molar-refractivity contribution in [2.75, 3.05) is 0 Å². The van der Waals surface area contributed by atoms with Gasteiger partial charge in [-0.2, -0.15) is 0 Å². The van der Waals surface area contributed by atoms with Crippen LogP contribution in [0.2, 0.25) is 0 Å². The maximum Gasteiger partial charge on any atom is 0.0210 e. The first-order valence-electron chi connectivity index (χ1n) is 7.48. The molecule has 0 aliphatic rings. The second-order valence-electron chi connectivity index (χ2n) is 5.74. The van der Waals surface area contributed by atoms with Crippen LogP contribution < -0.4 is 5.32 Å². The third-order valence-corrected chi connectivity index (χ3v) is 3.85. The fourth-order valence-corrected chi connectivity index (χ4v) is 2.45. The normalized spacial score (nSPS) is 12.3. The van der Waals surface area contributed by atoms with Crippen molar-refractivity contribution >= 4 is 0 Å². The highest BCUT2D eigenvalue weighted by Gasteiger charge is 2.04. The Morgan fingerprint density at radius 1 is 1.00 bits per heavy atom. The minimum absolute atomic E-state index is 0.537. The maximum atomic E-state index is 3.62. The molecule has 0 aromatic heterocycles. The van der Waals surface area contributed by atoms with Crippen LogP contribution in [-0.2, 0) is 13.0 Å². The summed E-state index contributed by atoms with van der Waals surface area (Å²) in [5.41, 5.74) is 5.55. The molecule has 2 aromatic carbocycles. The monoisotopic (exact) mass is 267 g/mol. The molecule has 1 nitrogen and oxygen atoms in total. The smallest absolute Gasteiger partial charge is 0.0210 e. The predicted octanol–water partition coefficient (Wildman–Crippen LogP) is 4.41. The molecule has 0 spiro atoms. The Morgan fingerprint density at radius 2 is 1.80 bits per heavy atom. The van der Waals surface area contributed by atoms with E-state index in [9.17, 15) is 0 Å².